The van der Waals surface area contributed by atoms with Crippen molar-refractivity contribution in [3.8, 4) is 0 Å². The Balaban J connectivity index is 1.15. The molecular weight excluding hydrogens is 428 g/mol. The number of nitrogens with zero attached hydrogens (tertiary/aromatic N) is 2. The number of benzene rings is 1. The zero-order valence-electron chi connectivity index (χ0n) is 21.3. The third kappa shape index (κ3) is 3.46. The molecule has 0 bridgehead atoms. The molecule has 4 nitrogen and oxygen atoms in total. The van der Waals surface area contributed by atoms with E-state index in [1.165, 1.54) is 77.5 Å². The first-order chi connectivity index (χ1) is 17.3. The Morgan fingerprint density at radius 1 is 0.829 bits per heavy atom. The van der Waals surface area contributed by atoms with Crippen LogP contribution in [0.2, 0.25) is 0 Å². The van der Waals surface area contributed by atoms with E-state index >= 15 is 0 Å². The number of piperidine rings is 1. The first-order valence-electron chi connectivity index (χ1n) is 14.8. The second kappa shape index (κ2) is 8.38. The minimum Gasteiger partial charge on any atom is -0.370 e. The molecule has 35 heavy (non-hydrogen) atoms. The number of hydrogen-bond donors (Lipinski definition) is 2. The van der Waals surface area contributed by atoms with Crippen LogP contribution in [-0.4, -0.2) is 50.7 Å². The average Bonchev–Trinajstić information content (AvgIpc) is 3.43. The lowest BCUT2D eigenvalue weighted by Crippen LogP contribution is -2.41. The summed E-state index contributed by atoms with van der Waals surface area (Å²) in [5, 5.41) is 7.51. The molecule has 1 aromatic rings. The summed E-state index contributed by atoms with van der Waals surface area (Å²) in [5.41, 5.74) is 11.7. The number of rotatable bonds is 2. The molecular formula is C31H42N4. The van der Waals surface area contributed by atoms with Crippen LogP contribution < -0.4 is 15.5 Å². The Morgan fingerprint density at radius 3 is 2.51 bits per heavy atom. The largest absolute Gasteiger partial charge is 0.370 e. The van der Waals surface area contributed by atoms with Crippen molar-refractivity contribution >= 4 is 5.69 Å². The Hall–Kier alpha value is -1.78. The fraction of sp³-hybridized carbons (Fsp3) is 0.677. The lowest BCUT2D eigenvalue weighted by molar-refractivity contribution is 0.226. The van der Waals surface area contributed by atoms with Crippen LogP contribution in [0.5, 0.6) is 0 Å². The summed E-state index contributed by atoms with van der Waals surface area (Å²) < 4.78 is 0. The van der Waals surface area contributed by atoms with Crippen LogP contribution in [-0.2, 0) is 13.0 Å². The van der Waals surface area contributed by atoms with Crippen LogP contribution in [0.25, 0.3) is 0 Å². The highest BCUT2D eigenvalue weighted by molar-refractivity contribution is 5.65. The number of nitrogens with one attached hydrogen (secondary N) is 2. The predicted octanol–water partition coefficient (Wildman–Crippen LogP) is 4.57. The van der Waals surface area contributed by atoms with Gasteiger partial charge in [-0.05, 0) is 96.0 Å². The predicted molar refractivity (Wildman–Crippen MR) is 143 cm³/mol. The summed E-state index contributed by atoms with van der Waals surface area (Å²) in [7, 11) is 0. The van der Waals surface area contributed by atoms with Crippen LogP contribution in [0.4, 0.5) is 5.69 Å². The monoisotopic (exact) mass is 470 g/mol. The normalized spacial score (nSPS) is 35.5. The van der Waals surface area contributed by atoms with Gasteiger partial charge in [-0.15, -0.1) is 0 Å². The average molecular weight is 471 g/mol. The van der Waals surface area contributed by atoms with Gasteiger partial charge in [0.15, 0.2) is 0 Å². The molecule has 1 aromatic carbocycles. The molecule has 0 amide bonds. The van der Waals surface area contributed by atoms with Gasteiger partial charge < -0.3 is 20.4 Å². The molecule has 0 spiro atoms. The van der Waals surface area contributed by atoms with Gasteiger partial charge in [-0.25, -0.2) is 0 Å². The second-order valence-electron chi connectivity index (χ2n) is 12.8. The van der Waals surface area contributed by atoms with Crippen molar-refractivity contribution in [3.63, 3.8) is 0 Å². The molecule has 186 valence electrons. The van der Waals surface area contributed by atoms with E-state index in [1.54, 1.807) is 39.2 Å². The molecule has 3 aliphatic carbocycles. The zero-order chi connectivity index (χ0) is 22.9. The molecule has 7 aliphatic rings. The summed E-state index contributed by atoms with van der Waals surface area (Å²) in [6, 6.07) is 5.28. The standard InChI is InChI=1S/C31H42N4/c1-3-22-18-34-9-7-32-16-24-12-20(14-28(30(24)34)26(22)5-1)11-21-13-25-17-33-8-10-35-19-23-4-2-6-27(23)29(15-21)31(25)35/h12,14-15,21-23,26-27,32-33H,1-11,13,16-19H2. The maximum absolute atomic E-state index is 3.77. The number of hydrogen-bond acceptors (Lipinski definition) is 4. The summed E-state index contributed by atoms with van der Waals surface area (Å²) >= 11 is 0. The third-order valence-corrected chi connectivity index (χ3v) is 10.7. The second-order valence-corrected chi connectivity index (χ2v) is 12.8. The van der Waals surface area contributed by atoms with E-state index in [4.69, 9.17) is 0 Å². The van der Waals surface area contributed by atoms with Crippen LogP contribution in [0.3, 0.4) is 0 Å². The molecule has 0 radical (unpaired) electrons. The van der Waals surface area contributed by atoms with Crippen LogP contribution in [0, 0.1) is 23.7 Å². The van der Waals surface area contributed by atoms with E-state index in [1.807, 2.05) is 0 Å². The van der Waals surface area contributed by atoms with E-state index in [9.17, 15) is 0 Å². The summed E-state index contributed by atoms with van der Waals surface area (Å²) in [4.78, 5) is 5.52. The summed E-state index contributed by atoms with van der Waals surface area (Å²) in [6.07, 6.45) is 13.8. The first kappa shape index (κ1) is 21.3. The highest BCUT2D eigenvalue weighted by atomic mass is 15.2. The SMILES string of the molecule is C1=C2C3=C(CNCCN3CC3CCCC23)CC1Cc1cc2c3c(c1)C1CCCC1CN3CCNC2. The van der Waals surface area contributed by atoms with Crippen LogP contribution >= 0.6 is 0 Å². The molecule has 2 N–H and O–H groups in total. The van der Waals surface area contributed by atoms with Gasteiger partial charge in [0.1, 0.15) is 0 Å². The van der Waals surface area contributed by atoms with Gasteiger partial charge in [0.2, 0.25) is 0 Å². The Bertz CT molecular complexity index is 1090. The molecule has 5 unspecified atom stereocenters. The third-order valence-electron chi connectivity index (χ3n) is 10.7. The number of allylic oxidation sites excluding steroid dienone is 2. The molecule has 5 atom stereocenters. The zero-order valence-corrected chi connectivity index (χ0v) is 21.3. The number of fused-ring (bicyclic) bond motifs is 4. The molecule has 0 aromatic heterocycles. The van der Waals surface area contributed by atoms with Gasteiger partial charge in [-0.2, -0.15) is 0 Å². The maximum atomic E-state index is 3.77. The molecule has 2 saturated carbocycles. The summed E-state index contributed by atoms with van der Waals surface area (Å²) in [5.74, 6) is 4.10. The highest BCUT2D eigenvalue weighted by Gasteiger charge is 2.42. The summed E-state index contributed by atoms with van der Waals surface area (Å²) in [6.45, 7) is 9.41. The van der Waals surface area contributed by atoms with Gasteiger partial charge in [0, 0.05) is 63.7 Å². The van der Waals surface area contributed by atoms with Crippen molar-refractivity contribution in [2.24, 2.45) is 23.7 Å². The highest BCUT2D eigenvalue weighted by Crippen LogP contribution is 2.51. The Kier molecular flexibility index (Phi) is 5.10. The van der Waals surface area contributed by atoms with Gasteiger partial charge in [-0.1, -0.05) is 31.1 Å². The van der Waals surface area contributed by atoms with Gasteiger partial charge in [0.05, 0.1) is 0 Å². The fourth-order valence-electron chi connectivity index (χ4n) is 9.39. The van der Waals surface area contributed by atoms with Crippen molar-refractivity contribution in [3.05, 3.63) is 51.7 Å². The minimum absolute atomic E-state index is 0.660. The molecule has 1 saturated heterocycles. The molecule has 4 heterocycles. The van der Waals surface area contributed by atoms with Crippen molar-refractivity contribution in [1.29, 1.82) is 0 Å². The van der Waals surface area contributed by atoms with Gasteiger partial charge in [-0.3, -0.25) is 0 Å². The Morgan fingerprint density at radius 2 is 1.60 bits per heavy atom. The number of anilines is 1. The van der Waals surface area contributed by atoms with Crippen molar-refractivity contribution in [2.45, 2.75) is 63.8 Å². The lowest BCUT2D eigenvalue weighted by Gasteiger charge is -2.44. The van der Waals surface area contributed by atoms with Crippen molar-refractivity contribution in [1.82, 2.24) is 15.5 Å². The quantitative estimate of drug-likeness (QED) is 0.663. The Labute approximate surface area is 211 Å². The first-order valence-corrected chi connectivity index (χ1v) is 14.8. The van der Waals surface area contributed by atoms with Crippen LogP contribution in [0.15, 0.2) is 35.1 Å². The minimum atomic E-state index is 0.660. The van der Waals surface area contributed by atoms with Crippen molar-refractivity contribution < 1.29 is 0 Å². The van der Waals surface area contributed by atoms with Crippen molar-refractivity contribution in [2.75, 3.05) is 50.7 Å². The van der Waals surface area contributed by atoms with Crippen LogP contribution in [0.1, 0.15) is 67.6 Å². The smallest absolute Gasteiger partial charge is 0.0448 e. The molecule has 3 fully saturated rings. The molecule has 4 aliphatic heterocycles. The van der Waals surface area contributed by atoms with E-state index in [2.05, 4.69) is 38.6 Å². The van der Waals surface area contributed by atoms with Gasteiger partial charge >= 0.3 is 0 Å². The van der Waals surface area contributed by atoms with E-state index in [-0.39, 0.29) is 0 Å². The van der Waals surface area contributed by atoms with Gasteiger partial charge in [0.25, 0.3) is 0 Å². The fourth-order valence-corrected chi connectivity index (χ4v) is 9.39. The lowest BCUT2D eigenvalue weighted by atomic mass is 9.74. The maximum Gasteiger partial charge on any atom is 0.0448 e. The van der Waals surface area contributed by atoms with E-state index in [0.717, 1.165) is 49.9 Å². The molecule has 8 rings (SSSR count). The van der Waals surface area contributed by atoms with E-state index in [0.29, 0.717) is 5.92 Å². The van der Waals surface area contributed by atoms with E-state index < -0.39 is 0 Å². The topological polar surface area (TPSA) is 30.5 Å². The molecule has 4 heteroatoms.